The fourth-order valence-electron chi connectivity index (χ4n) is 3.98. The van der Waals surface area contributed by atoms with Gasteiger partial charge >= 0.3 is 0 Å². The van der Waals surface area contributed by atoms with E-state index < -0.39 is 10.0 Å². The van der Waals surface area contributed by atoms with E-state index in [1.807, 2.05) is 11.8 Å². The van der Waals surface area contributed by atoms with Gasteiger partial charge in [-0.3, -0.25) is 0 Å². The maximum absolute atomic E-state index is 12.8. The van der Waals surface area contributed by atoms with Crippen molar-refractivity contribution in [1.82, 2.24) is 9.71 Å². The Hall–Kier alpha value is -1.23. The number of aliphatic hydroxyl groups excluding tert-OH is 1. The third-order valence-corrected chi connectivity index (χ3v) is 8.26. The number of hydrogen-bond acceptors (Lipinski definition) is 7. The van der Waals surface area contributed by atoms with Crippen LogP contribution in [0.4, 0.5) is 5.69 Å². The highest BCUT2D eigenvalue weighted by molar-refractivity contribution is 7.89. The van der Waals surface area contributed by atoms with Gasteiger partial charge in [-0.25, -0.2) is 18.1 Å². The molecule has 2 atom stereocenters. The lowest BCUT2D eigenvalue weighted by atomic mass is 10.0. The zero-order chi connectivity index (χ0) is 21.3. The van der Waals surface area contributed by atoms with Crippen LogP contribution in [0.5, 0.6) is 0 Å². The zero-order valence-electron chi connectivity index (χ0n) is 16.8. The topological polar surface area (TPSA) is 91.8 Å². The van der Waals surface area contributed by atoms with Crippen LogP contribution in [-0.2, 0) is 34.1 Å². The molecule has 0 spiro atoms. The summed E-state index contributed by atoms with van der Waals surface area (Å²) in [5, 5.41) is 10.6. The van der Waals surface area contributed by atoms with E-state index in [2.05, 4.69) is 9.71 Å². The van der Waals surface area contributed by atoms with Crippen molar-refractivity contribution in [2.45, 2.75) is 56.3 Å². The summed E-state index contributed by atoms with van der Waals surface area (Å²) in [6.45, 7) is 3.16. The summed E-state index contributed by atoms with van der Waals surface area (Å²) < 4.78 is 33.9. The molecule has 0 amide bonds. The summed E-state index contributed by atoms with van der Waals surface area (Å²) in [6, 6.07) is 4.75. The Bertz CT molecular complexity index is 988. The first kappa shape index (κ1) is 22.0. The van der Waals surface area contributed by atoms with Crippen molar-refractivity contribution in [1.29, 1.82) is 0 Å². The molecule has 4 rings (SSSR count). The van der Waals surface area contributed by atoms with E-state index >= 15 is 0 Å². The molecule has 10 heteroatoms. The normalized spacial score (nSPS) is 22.2. The molecule has 2 aliphatic rings. The quantitative estimate of drug-likeness (QED) is 0.673. The van der Waals surface area contributed by atoms with E-state index in [1.54, 1.807) is 23.5 Å². The highest BCUT2D eigenvalue weighted by Crippen LogP contribution is 2.31. The Labute approximate surface area is 186 Å². The molecule has 1 fully saturated rings. The fraction of sp³-hybridized carbons (Fsp3) is 0.550. The third kappa shape index (κ3) is 4.81. The van der Waals surface area contributed by atoms with Crippen molar-refractivity contribution < 1.29 is 18.3 Å². The molecule has 1 saturated heterocycles. The summed E-state index contributed by atoms with van der Waals surface area (Å²) in [7, 11) is -3.71. The largest absolute Gasteiger partial charge is 0.394 e. The van der Waals surface area contributed by atoms with Crippen LogP contribution in [0.2, 0.25) is 5.02 Å². The monoisotopic (exact) mass is 471 g/mol. The van der Waals surface area contributed by atoms with Crippen molar-refractivity contribution in [3.63, 3.8) is 0 Å². The van der Waals surface area contributed by atoms with Crippen LogP contribution >= 0.6 is 22.9 Å². The highest BCUT2D eigenvalue weighted by atomic mass is 35.5. The van der Waals surface area contributed by atoms with Crippen LogP contribution in [0.15, 0.2) is 23.1 Å². The second-order valence-corrected chi connectivity index (χ2v) is 11.1. The lowest BCUT2D eigenvalue weighted by molar-refractivity contribution is -0.0421. The van der Waals surface area contributed by atoms with Gasteiger partial charge in [-0.2, -0.15) is 0 Å². The molecule has 30 heavy (non-hydrogen) atoms. The fourth-order valence-corrected chi connectivity index (χ4v) is 6.54. The molecule has 0 radical (unpaired) electrons. The van der Waals surface area contributed by atoms with Crippen molar-refractivity contribution in [2.24, 2.45) is 0 Å². The van der Waals surface area contributed by atoms with Crippen LogP contribution in [0, 0.1) is 0 Å². The van der Waals surface area contributed by atoms with E-state index in [-0.39, 0.29) is 30.3 Å². The van der Waals surface area contributed by atoms with Gasteiger partial charge in [0.25, 0.3) is 0 Å². The van der Waals surface area contributed by atoms with Crippen LogP contribution in [0.3, 0.4) is 0 Å². The number of nitrogens with one attached hydrogen (secondary N) is 1. The number of aryl methyl sites for hydroxylation is 2. The molecule has 0 saturated carbocycles. The van der Waals surface area contributed by atoms with Crippen molar-refractivity contribution in [3.8, 4) is 0 Å². The predicted octanol–water partition coefficient (Wildman–Crippen LogP) is 2.74. The second-order valence-electron chi connectivity index (χ2n) is 7.78. The maximum atomic E-state index is 12.8. The van der Waals surface area contributed by atoms with Crippen molar-refractivity contribution in [3.05, 3.63) is 38.8 Å². The van der Waals surface area contributed by atoms with Gasteiger partial charge in [0.1, 0.15) is 5.01 Å². The number of anilines is 1. The number of rotatable bonds is 6. The van der Waals surface area contributed by atoms with Gasteiger partial charge in [-0.15, -0.1) is 11.3 Å². The maximum Gasteiger partial charge on any atom is 0.241 e. The SMILES string of the molecule is C[C@@H]1CN(c2ccc(S(=O)(=O)NCc3nc4c(s3)CCCC4)cc2Cl)C[C@@H](CO)O1. The molecule has 1 aliphatic heterocycles. The first-order valence-corrected chi connectivity index (χ1v) is 12.8. The number of benzene rings is 1. The van der Waals surface area contributed by atoms with E-state index in [0.717, 1.165) is 35.7 Å². The molecule has 1 aliphatic carbocycles. The summed E-state index contributed by atoms with van der Waals surface area (Å²) in [5.74, 6) is 0. The number of aromatic nitrogens is 1. The standard InChI is InChI=1S/C20H26ClN3O4S2/c1-13-10-24(11-14(12-25)28-13)18-7-6-15(8-16(18)21)30(26,27)22-9-20-23-17-4-2-3-5-19(17)29-20/h6-8,13-14,22,25H,2-5,9-12H2,1H3/t13-,14+/m1/s1. The molecule has 2 heterocycles. The molecular formula is C20H26ClN3O4S2. The zero-order valence-corrected chi connectivity index (χ0v) is 19.2. The van der Waals surface area contributed by atoms with Gasteiger partial charge < -0.3 is 14.7 Å². The van der Waals surface area contributed by atoms with Crippen LogP contribution in [0.1, 0.15) is 35.3 Å². The average molecular weight is 472 g/mol. The van der Waals surface area contributed by atoms with Crippen molar-refractivity contribution in [2.75, 3.05) is 24.6 Å². The molecule has 7 nitrogen and oxygen atoms in total. The van der Waals surface area contributed by atoms with Crippen molar-refractivity contribution >= 4 is 38.6 Å². The molecule has 164 valence electrons. The van der Waals surface area contributed by atoms with E-state index in [4.69, 9.17) is 16.3 Å². The number of sulfonamides is 1. The first-order valence-electron chi connectivity index (χ1n) is 10.1. The number of morpholine rings is 1. The number of nitrogens with zero attached hydrogens (tertiary/aromatic N) is 2. The lowest BCUT2D eigenvalue weighted by Crippen LogP contribution is -2.48. The van der Waals surface area contributed by atoms with Crippen LogP contribution < -0.4 is 9.62 Å². The Morgan fingerprint density at radius 1 is 1.33 bits per heavy atom. The molecule has 0 unspecified atom stereocenters. The minimum absolute atomic E-state index is 0.0545. The first-order chi connectivity index (χ1) is 14.4. The minimum Gasteiger partial charge on any atom is -0.394 e. The summed E-state index contributed by atoms with van der Waals surface area (Å²) >= 11 is 8.04. The molecule has 0 bridgehead atoms. The van der Waals surface area contributed by atoms with Gasteiger partial charge in [0, 0.05) is 18.0 Å². The van der Waals surface area contributed by atoms with Gasteiger partial charge in [0.2, 0.25) is 10.0 Å². The number of fused-ring (bicyclic) bond motifs is 1. The molecular weight excluding hydrogens is 446 g/mol. The number of thiazole rings is 1. The van der Waals surface area contributed by atoms with Gasteiger partial charge in [-0.05, 0) is 50.8 Å². The van der Waals surface area contributed by atoms with Crippen LogP contribution in [-0.4, -0.2) is 50.4 Å². The summed E-state index contributed by atoms with van der Waals surface area (Å²) in [5.41, 5.74) is 1.85. The second kappa shape index (κ2) is 9.10. The number of halogens is 1. The van der Waals surface area contributed by atoms with Crippen LogP contribution in [0.25, 0.3) is 0 Å². The van der Waals surface area contributed by atoms with E-state index in [1.165, 1.54) is 17.4 Å². The molecule has 2 N–H and O–H groups in total. The number of aliphatic hydroxyl groups is 1. The smallest absolute Gasteiger partial charge is 0.241 e. The number of ether oxygens (including phenoxy) is 1. The molecule has 1 aromatic carbocycles. The Morgan fingerprint density at radius 3 is 2.87 bits per heavy atom. The Balaban J connectivity index is 1.46. The number of hydrogen-bond donors (Lipinski definition) is 2. The summed E-state index contributed by atoms with van der Waals surface area (Å²) in [6.07, 6.45) is 3.99. The minimum atomic E-state index is -3.71. The summed E-state index contributed by atoms with van der Waals surface area (Å²) in [4.78, 5) is 8.01. The van der Waals surface area contributed by atoms with E-state index in [9.17, 15) is 13.5 Å². The molecule has 2 aromatic rings. The Morgan fingerprint density at radius 2 is 2.13 bits per heavy atom. The average Bonchev–Trinajstić information content (AvgIpc) is 3.15. The predicted molar refractivity (Wildman–Crippen MR) is 118 cm³/mol. The van der Waals surface area contributed by atoms with Gasteiger partial charge in [0.05, 0.1) is 46.7 Å². The molecule has 1 aromatic heterocycles. The third-order valence-electron chi connectivity index (χ3n) is 5.40. The van der Waals surface area contributed by atoms with E-state index in [0.29, 0.717) is 18.1 Å². The van der Waals surface area contributed by atoms with Gasteiger partial charge in [0.15, 0.2) is 0 Å². The lowest BCUT2D eigenvalue weighted by Gasteiger charge is -2.38. The Kier molecular flexibility index (Phi) is 6.67. The van der Waals surface area contributed by atoms with Gasteiger partial charge in [-0.1, -0.05) is 11.6 Å². The highest BCUT2D eigenvalue weighted by Gasteiger charge is 2.27.